The van der Waals surface area contributed by atoms with Crippen LogP contribution in [0.5, 0.6) is 0 Å². The van der Waals surface area contributed by atoms with Crippen LogP contribution in [0.3, 0.4) is 0 Å². The number of benzene rings is 1. The van der Waals surface area contributed by atoms with Crippen molar-refractivity contribution >= 4 is 27.6 Å². The number of carbonyl (C=O) groups is 2. The molecule has 0 aromatic heterocycles. The third-order valence-corrected chi connectivity index (χ3v) is 4.73. The Morgan fingerprint density at radius 3 is 2.35 bits per heavy atom. The number of esters is 1. The lowest BCUT2D eigenvalue weighted by molar-refractivity contribution is -0.122. The van der Waals surface area contributed by atoms with Crippen molar-refractivity contribution in [2.75, 3.05) is 30.8 Å². The Balaban J connectivity index is 2.05. The highest BCUT2D eigenvalue weighted by Gasteiger charge is 2.29. The molecule has 0 unspecified atom stereocenters. The summed E-state index contributed by atoms with van der Waals surface area (Å²) < 4.78 is 29.7. The van der Waals surface area contributed by atoms with Crippen molar-refractivity contribution in [2.45, 2.75) is 12.8 Å². The molecule has 1 aromatic carbocycles. The van der Waals surface area contributed by atoms with E-state index in [1.807, 2.05) is 0 Å². The lowest BCUT2D eigenvalue weighted by atomic mass is 10.2. The maximum Gasteiger partial charge on any atom is 0.337 e. The highest BCUT2D eigenvalue weighted by Crippen LogP contribution is 2.28. The van der Waals surface area contributed by atoms with Crippen molar-refractivity contribution in [3.63, 3.8) is 0 Å². The van der Waals surface area contributed by atoms with Gasteiger partial charge in [-0.1, -0.05) is 0 Å². The lowest BCUT2D eigenvalue weighted by Gasteiger charge is -2.22. The number of anilines is 1. The third kappa shape index (κ3) is 4.69. The zero-order valence-corrected chi connectivity index (χ0v) is 13.9. The van der Waals surface area contributed by atoms with Crippen molar-refractivity contribution in [1.29, 1.82) is 0 Å². The van der Waals surface area contributed by atoms with Gasteiger partial charge >= 0.3 is 5.97 Å². The lowest BCUT2D eigenvalue weighted by Crippen LogP contribution is -2.38. The molecule has 0 saturated heterocycles. The van der Waals surface area contributed by atoms with Gasteiger partial charge in [0.15, 0.2) is 0 Å². The maximum atomic E-state index is 12.0. The zero-order valence-electron chi connectivity index (χ0n) is 13.1. The van der Waals surface area contributed by atoms with Gasteiger partial charge in [0.05, 0.1) is 31.2 Å². The molecular weight excluding hydrogens is 320 g/mol. The third-order valence-electron chi connectivity index (χ3n) is 3.54. The monoisotopic (exact) mass is 340 g/mol. The molecule has 1 fully saturated rings. The number of hydrogen-bond acceptors (Lipinski definition) is 5. The molecule has 0 aliphatic heterocycles. The highest BCUT2D eigenvalue weighted by atomic mass is 32.2. The minimum absolute atomic E-state index is 0.0282. The van der Waals surface area contributed by atoms with E-state index in [0.717, 1.165) is 19.1 Å². The van der Waals surface area contributed by atoms with Gasteiger partial charge in [0.25, 0.3) is 0 Å². The van der Waals surface area contributed by atoms with Crippen LogP contribution in [-0.4, -0.2) is 46.7 Å². The van der Waals surface area contributed by atoms with E-state index in [0.29, 0.717) is 11.3 Å². The minimum Gasteiger partial charge on any atom is -0.465 e. The fraction of sp³-hybridized carbons (Fsp3) is 0.467. The van der Waals surface area contributed by atoms with Crippen LogP contribution < -0.4 is 9.62 Å². The summed E-state index contributed by atoms with van der Waals surface area (Å²) in [5.41, 5.74) is 0.771. The second-order valence-corrected chi connectivity index (χ2v) is 7.35. The van der Waals surface area contributed by atoms with Crippen molar-refractivity contribution in [3.8, 4) is 0 Å². The smallest absolute Gasteiger partial charge is 0.337 e. The van der Waals surface area contributed by atoms with Crippen LogP contribution in [0.25, 0.3) is 0 Å². The first kappa shape index (κ1) is 17.3. The second-order valence-electron chi connectivity index (χ2n) is 5.44. The van der Waals surface area contributed by atoms with E-state index in [9.17, 15) is 18.0 Å². The first-order valence-electron chi connectivity index (χ1n) is 7.26. The Labute approximate surface area is 135 Å². The van der Waals surface area contributed by atoms with Gasteiger partial charge in [0.1, 0.15) is 0 Å². The van der Waals surface area contributed by atoms with Gasteiger partial charge < -0.3 is 10.1 Å². The fourth-order valence-electron chi connectivity index (χ4n) is 2.14. The molecule has 1 amide bonds. The number of ether oxygens (including phenoxy) is 1. The average Bonchev–Trinajstić information content (AvgIpc) is 3.34. The molecule has 126 valence electrons. The van der Waals surface area contributed by atoms with Crippen LogP contribution >= 0.6 is 0 Å². The van der Waals surface area contributed by atoms with Gasteiger partial charge in [0, 0.05) is 12.5 Å². The van der Waals surface area contributed by atoms with E-state index in [1.165, 1.54) is 35.7 Å². The van der Waals surface area contributed by atoms with Crippen molar-refractivity contribution < 1.29 is 22.7 Å². The predicted octanol–water partition coefficient (Wildman–Crippen LogP) is 0.765. The molecule has 0 bridgehead atoms. The Morgan fingerprint density at radius 2 is 1.87 bits per heavy atom. The van der Waals surface area contributed by atoms with Crippen LogP contribution in [0.15, 0.2) is 24.3 Å². The summed E-state index contributed by atoms with van der Waals surface area (Å²) in [6.45, 7) is 0.371. The molecular formula is C15H20N2O5S. The number of hydrogen-bond donors (Lipinski definition) is 1. The van der Waals surface area contributed by atoms with E-state index in [-0.39, 0.29) is 24.9 Å². The van der Waals surface area contributed by atoms with E-state index in [4.69, 9.17) is 0 Å². The number of rotatable bonds is 7. The Morgan fingerprint density at radius 1 is 1.26 bits per heavy atom. The van der Waals surface area contributed by atoms with Crippen LogP contribution in [0.2, 0.25) is 0 Å². The van der Waals surface area contributed by atoms with E-state index in [1.54, 1.807) is 0 Å². The zero-order chi connectivity index (χ0) is 17.0. The van der Waals surface area contributed by atoms with Crippen molar-refractivity contribution in [3.05, 3.63) is 29.8 Å². The van der Waals surface area contributed by atoms with Crippen LogP contribution in [0.1, 0.15) is 23.2 Å². The Bertz CT molecular complexity index is 680. The normalized spacial score (nSPS) is 14.2. The largest absolute Gasteiger partial charge is 0.465 e. The van der Waals surface area contributed by atoms with Crippen LogP contribution in [-0.2, 0) is 19.6 Å². The molecule has 1 N–H and O–H groups in total. The molecule has 8 heteroatoms. The molecule has 7 nitrogen and oxygen atoms in total. The summed E-state index contributed by atoms with van der Waals surface area (Å²) in [7, 11) is -2.21. The molecule has 1 aliphatic carbocycles. The van der Waals surface area contributed by atoms with Crippen LogP contribution in [0.4, 0.5) is 5.69 Å². The molecule has 1 aliphatic rings. The Hall–Kier alpha value is -2.09. The fourth-order valence-corrected chi connectivity index (χ4v) is 3.07. The molecule has 1 saturated carbocycles. The highest BCUT2D eigenvalue weighted by molar-refractivity contribution is 7.92. The van der Waals surface area contributed by atoms with Gasteiger partial charge in [-0.05, 0) is 37.1 Å². The number of nitrogens with zero attached hydrogens (tertiary/aromatic N) is 1. The van der Waals surface area contributed by atoms with E-state index in [2.05, 4.69) is 10.1 Å². The number of carbonyl (C=O) groups excluding carboxylic acids is 2. The molecule has 1 aromatic rings. The number of amides is 1. The summed E-state index contributed by atoms with van der Waals surface area (Å²) >= 11 is 0. The first-order valence-corrected chi connectivity index (χ1v) is 9.11. The van der Waals surface area contributed by atoms with Gasteiger partial charge in [-0.3, -0.25) is 9.10 Å². The van der Waals surface area contributed by atoms with Gasteiger partial charge in [-0.15, -0.1) is 0 Å². The summed E-state index contributed by atoms with van der Waals surface area (Å²) in [6, 6.07) is 6.08. The molecule has 0 atom stereocenters. The number of methoxy groups -OCH3 is 1. The second kappa shape index (κ2) is 6.99. The standard InChI is InChI=1S/C15H20N2O5S/c1-22-15(19)12-5-7-13(8-6-12)17(23(2,20)21)10-9-16-14(18)11-3-4-11/h5-8,11H,3-4,9-10H2,1-2H3,(H,16,18). The van der Waals surface area contributed by atoms with Crippen molar-refractivity contribution in [1.82, 2.24) is 5.32 Å². The van der Waals surface area contributed by atoms with E-state index >= 15 is 0 Å². The first-order chi connectivity index (χ1) is 10.8. The van der Waals surface area contributed by atoms with Crippen molar-refractivity contribution in [2.24, 2.45) is 5.92 Å². The van der Waals surface area contributed by atoms with Gasteiger partial charge in [-0.25, -0.2) is 13.2 Å². The topological polar surface area (TPSA) is 92.8 Å². The maximum absolute atomic E-state index is 12.0. The minimum atomic E-state index is -3.49. The van der Waals surface area contributed by atoms with Crippen LogP contribution in [0, 0.1) is 5.92 Å². The average molecular weight is 340 g/mol. The number of sulfonamides is 1. The number of nitrogens with one attached hydrogen (secondary N) is 1. The predicted molar refractivity (Wildman–Crippen MR) is 85.7 cm³/mol. The Kier molecular flexibility index (Phi) is 5.25. The summed E-state index contributed by atoms with van der Waals surface area (Å²) in [5.74, 6) is -0.431. The van der Waals surface area contributed by atoms with Gasteiger partial charge in [0.2, 0.25) is 15.9 Å². The molecule has 0 spiro atoms. The molecule has 23 heavy (non-hydrogen) atoms. The summed E-state index contributed by atoms with van der Waals surface area (Å²) in [5, 5.41) is 2.74. The van der Waals surface area contributed by atoms with E-state index < -0.39 is 16.0 Å². The molecule has 2 rings (SSSR count). The molecule has 0 radical (unpaired) electrons. The summed E-state index contributed by atoms with van der Waals surface area (Å²) in [4.78, 5) is 23.0. The quantitative estimate of drug-likeness (QED) is 0.740. The summed E-state index contributed by atoms with van der Waals surface area (Å²) in [6.07, 6.45) is 2.90. The SMILES string of the molecule is COC(=O)c1ccc(N(CCNC(=O)C2CC2)S(C)(=O)=O)cc1. The molecule has 0 heterocycles. The van der Waals surface area contributed by atoms with Gasteiger partial charge in [-0.2, -0.15) is 0 Å².